The van der Waals surface area contributed by atoms with Crippen molar-refractivity contribution < 1.29 is 0 Å². The van der Waals surface area contributed by atoms with Gasteiger partial charge >= 0.3 is 0 Å². The highest BCUT2D eigenvalue weighted by Gasteiger charge is 2.27. The van der Waals surface area contributed by atoms with Crippen molar-refractivity contribution in [3.05, 3.63) is 0 Å². The Kier molecular flexibility index (Phi) is 20.0. The molecule has 0 spiro atoms. The molecule has 0 N–H and O–H groups in total. The van der Waals surface area contributed by atoms with Gasteiger partial charge in [-0.2, -0.15) is 0 Å². The molecular formula is C16H38. The minimum Gasteiger partial charge on any atom is -0.0683 e. The summed E-state index contributed by atoms with van der Waals surface area (Å²) in [5.74, 6) is 3.84. The van der Waals surface area contributed by atoms with Gasteiger partial charge in [-0.1, -0.05) is 69.2 Å². The smallest absolute Gasteiger partial charge is 0.0391 e. The SMILES string of the molecule is CC.CC.CC.CC1CC(C)C(C)C(C)C1. The molecule has 1 fully saturated rings. The summed E-state index contributed by atoms with van der Waals surface area (Å²) in [6.07, 6.45) is 2.90. The van der Waals surface area contributed by atoms with Gasteiger partial charge < -0.3 is 0 Å². The molecule has 0 aromatic rings. The predicted octanol–water partition coefficient (Wildman–Crippen LogP) is 6.40. The lowest BCUT2D eigenvalue weighted by atomic mass is 9.71. The first-order valence-corrected chi connectivity index (χ1v) is 7.61. The van der Waals surface area contributed by atoms with E-state index in [1.54, 1.807) is 0 Å². The lowest BCUT2D eigenvalue weighted by Gasteiger charge is -2.35. The topological polar surface area (TPSA) is 0 Å². The van der Waals surface area contributed by atoms with Gasteiger partial charge in [0.2, 0.25) is 0 Å². The van der Waals surface area contributed by atoms with Gasteiger partial charge in [0.15, 0.2) is 0 Å². The quantitative estimate of drug-likeness (QED) is 0.451. The third-order valence-corrected chi connectivity index (χ3v) is 3.34. The molecule has 1 rings (SSSR count). The first-order valence-electron chi connectivity index (χ1n) is 7.61. The van der Waals surface area contributed by atoms with Crippen molar-refractivity contribution in [3.8, 4) is 0 Å². The van der Waals surface area contributed by atoms with E-state index < -0.39 is 0 Å². The zero-order valence-corrected chi connectivity index (χ0v) is 13.7. The van der Waals surface area contributed by atoms with E-state index in [9.17, 15) is 0 Å². The Morgan fingerprint density at radius 2 is 0.812 bits per heavy atom. The molecule has 0 aromatic carbocycles. The van der Waals surface area contributed by atoms with Crippen molar-refractivity contribution in [2.24, 2.45) is 23.7 Å². The van der Waals surface area contributed by atoms with Gasteiger partial charge in [-0.25, -0.2) is 0 Å². The van der Waals surface area contributed by atoms with Gasteiger partial charge in [0.25, 0.3) is 0 Å². The normalized spacial score (nSPS) is 31.9. The van der Waals surface area contributed by atoms with Crippen LogP contribution >= 0.6 is 0 Å². The lowest BCUT2D eigenvalue weighted by Crippen LogP contribution is -2.26. The van der Waals surface area contributed by atoms with Crippen LogP contribution in [0.3, 0.4) is 0 Å². The van der Waals surface area contributed by atoms with Gasteiger partial charge in [-0.05, 0) is 36.5 Å². The van der Waals surface area contributed by atoms with Crippen LogP contribution in [0.4, 0.5) is 0 Å². The minimum absolute atomic E-state index is 0.955. The van der Waals surface area contributed by atoms with Gasteiger partial charge in [0.05, 0.1) is 0 Å². The van der Waals surface area contributed by atoms with E-state index in [4.69, 9.17) is 0 Å². The van der Waals surface area contributed by atoms with E-state index in [2.05, 4.69) is 27.7 Å². The molecule has 1 aliphatic rings. The summed E-state index contributed by atoms with van der Waals surface area (Å²) in [7, 11) is 0. The summed E-state index contributed by atoms with van der Waals surface area (Å²) < 4.78 is 0. The second-order valence-corrected chi connectivity index (χ2v) is 4.39. The van der Waals surface area contributed by atoms with E-state index in [0.29, 0.717) is 0 Å². The van der Waals surface area contributed by atoms with Gasteiger partial charge in [0, 0.05) is 0 Å². The highest BCUT2D eigenvalue weighted by molar-refractivity contribution is 4.77. The molecule has 0 heterocycles. The van der Waals surface area contributed by atoms with Crippen molar-refractivity contribution in [1.82, 2.24) is 0 Å². The van der Waals surface area contributed by atoms with Gasteiger partial charge in [-0.3, -0.25) is 0 Å². The first-order chi connectivity index (χ1) is 7.61. The molecule has 0 aliphatic heterocycles. The molecule has 0 aromatic heterocycles. The molecule has 0 nitrogen and oxygen atoms in total. The highest BCUT2D eigenvalue weighted by atomic mass is 14.3. The van der Waals surface area contributed by atoms with Gasteiger partial charge in [-0.15, -0.1) is 0 Å². The zero-order chi connectivity index (χ0) is 13.7. The molecule has 0 bridgehead atoms. The summed E-state index contributed by atoms with van der Waals surface area (Å²) in [5, 5.41) is 0. The van der Waals surface area contributed by atoms with Crippen LogP contribution in [-0.4, -0.2) is 0 Å². The molecule has 0 amide bonds. The van der Waals surface area contributed by atoms with Gasteiger partial charge in [0.1, 0.15) is 0 Å². The van der Waals surface area contributed by atoms with E-state index in [1.807, 2.05) is 41.5 Å². The number of rotatable bonds is 0. The first kappa shape index (κ1) is 21.3. The second kappa shape index (κ2) is 15.0. The Bertz CT molecular complexity index is 94.6. The average Bonchev–Trinajstić information content (AvgIpc) is 2.33. The second-order valence-electron chi connectivity index (χ2n) is 4.39. The van der Waals surface area contributed by atoms with E-state index in [-0.39, 0.29) is 0 Å². The monoisotopic (exact) mass is 230 g/mol. The van der Waals surface area contributed by atoms with Crippen molar-refractivity contribution in [2.75, 3.05) is 0 Å². The number of hydrogen-bond acceptors (Lipinski definition) is 0. The summed E-state index contributed by atoms with van der Waals surface area (Å²) >= 11 is 0. The fourth-order valence-corrected chi connectivity index (χ4v) is 2.36. The van der Waals surface area contributed by atoms with Crippen LogP contribution in [0, 0.1) is 23.7 Å². The molecule has 16 heavy (non-hydrogen) atoms. The average molecular weight is 230 g/mol. The fraction of sp³-hybridized carbons (Fsp3) is 1.00. The van der Waals surface area contributed by atoms with E-state index in [1.165, 1.54) is 12.8 Å². The summed E-state index contributed by atoms with van der Waals surface area (Å²) in [6.45, 7) is 21.6. The van der Waals surface area contributed by atoms with Crippen LogP contribution in [0.5, 0.6) is 0 Å². The molecular weight excluding hydrogens is 192 g/mol. The Hall–Kier alpha value is 0. The Morgan fingerprint density at radius 3 is 1.06 bits per heavy atom. The third-order valence-electron chi connectivity index (χ3n) is 3.34. The molecule has 102 valence electrons. The lowest BCUT2D eigenvalue weighted by molar-refractivity contribution is 0.151. The Morgan fingerprint density at radius 1 is 0.562 bits per heavy atom. The van der Waals surface area contributed by atoms with Crippen LogP contribution in [0.15, 0.2) is 0 Å². The van der Waals surface area contributed by atoms with Crippen molar-refractivity contribution in [2.45, 2.75) is 82.1 Å². The molecule has 2 atom stereocenters. The predicted molar refractivity (Wildman–Crippen MR) is 79.9 cm³/mol. The molecule has 0 heteroatoms. The van der Waals surface area contributed by atoms with Crippen LogP contribution in [0.2, 0.25) is 0 Å². The maximum absolute atomic E-state index is 2.40. The van der Waals surface area contributed by atoms with Crippen LogP contribution < -0.4 is 0 Å². The number of hydrogen-bond donors (Lipinski definition) is 0. The van der Waals surface area contributed by atoms with Crippen LogP contribution in [0.25, 0.3) is 0 Å². The highest BCUT2D eigenvalue weighted by Crippen LogP contribution is 2.36. The Labute approximate surface area is 106 Å². The van der Waals surface area contributed by atoms with E-state index in [0.717, 1.165) is 23.7 Å². The standard InChI is InChI=1S/C10H20.3C2H6/c1-7-5-8(2)10(4)9(3)6-7;3*1-2/h7-10H,5-6H2,1-4H3;3*1-2H3. The van der Waals surface area contributed by atoms with Crippen molar-refractivity contribution in [3.63, 3.8) is 0 Å². The molecule has 1 saturated carbocycles. The molecule has 1 aliphatic carbocycles. The maximum atomic E-state index is 2.40. The van der Waals surface area contributed by atoms with Crippen LogP contribution in [0.1, 0.15) is 82.1 Å². The molecule has 0 saturated heterocycles. The van der Waals surface area contributed by atoms with Crippen molar-refractivity contribution in [1.29, 1.82) is 0 Å². The fourth-order valence-electron chi connectivity index (χ4n) is 2.36. The molecule has 0 radical (unpaired) electrons. The third kappa shape index (κ3) is 9.24. The molecule has 2 unspecified atom stereocenters. The maximum Gasteiger partial charge on any atom is -0.0391 e. The zero-order valence-electron chi connectivity index (χ0n) is 13.7. The summed E-state index contributed by atoms with van der Waals surface area (Å²) in [4.78, 5) is 0. The van der Waals surface area contributed by atoms with E-state index >= 15 is 0 Å². The summed E-state index contributed by atoms with van der Waals surface area (Å²) in [6, 6.07) is 0. The summed E-state index contributed by atoms with van der Waals surface area (Å²) in [5.41, 5.74) is 0. The van der Waals surface area contributed by atoms with Crippen LogP contribution in [-0.2, 0) is 0 Å². The minimum atomic E-state index is 0.955. The largest absolute Gasteiger partial charge is 0.0683 e. The Balaban J connectivity index is -0.000000245. The van der Waals surface area contributed by atoms with Crippen molar-refractivity contribution >= 4 is 0 Å².